The van der Waals surface area contributed by atoms with Gasteiger partial charge in [0.05, 0.1) is 33.1 Å². The second-order valence-electron chi connectivity index (χ2n) is 7.65. The molecule has 7 heteroatoms. The molecule has 3 aliphatic rings. The molecule has 0 unspecified atom stereocenters. The van der Waals surface area contributed by atoms with Gasteiger partial charge in [0, 0.05) is 49.9 Å². The van der Waals surface area contributed by atoms with Crippen molar-refractivity contribution in [3.63, 3.8) is 0 Å². The summed E-state index contributed by atoms with van der Waals surface area (Å²) >= 11 is 0. The molecule has 1 aromatic rings. The van der Waals surface area contributed by atoms with E-state index in [0.29, 0.717) is 35.1 Å². The fourth-order valence-corrected chi connectivity index (χ4v) is 5.19. The Bertz CT molecular complexity index is 690. The number of anilines is 1. The van der Waals surface area contributed by atoms with E-state index >= 15 is 0 Å². The highest BCUT2D eigenvalue weighted by Gasteiger charge is 2.48. The minimum absolute atomic E-state index is 0.329. The second-order valence-corrected chi connectivity index (χ2v) is 7.65. The van der Waals surface area contributed by atoms with Crippen LogP contribution in [-0.4, -0.2) is 69.4 Å². The third-order valence-corrected chi connectivity index (χ3v) is 6.48. The Balaban J connectivity index is 1.48. The first kappa shape index (κ1) is 18.2. The lowest BCUT2D eigenvalue weighted by molar-refractivity contribution is 0.181. The predicted molar refractivity (Wildman–Crippen MR) is 104 cm³/mol. The van der Waals surface area contributed by atoms with Gasteiger partial charge in [-0.05, 0) is 25.2 Å². The van der Waals surface area contributed by atoms with E-state index in [9.17, 15) is 5.21 Å². The van der Waals surface area contributed by atoms with E-state index in [2.05, 4.69) is 15.0 Å². The minimum atomic E-state index is 0.329. The van der Waals surface area contributed by atoms with Crippen LogP contribution in [0.15, 0.2) is 17.3 Å². The largest absolute Gasteiger partial charge is 0.493 e. The molecule has 1 heterocycles. The normalized spacial score (nSPS) is 29.4. The summed E-state index contributed by atoms with van der Waals surface area (Å²) in [6, 6.07) is 4.35. The lowest BCUT2D eigenvalue weighted by Crippen LogP contribution is -2.54. The molecule has 2 bridgehead atoms. The van der Waals surface area contributed by atoms with Crippen molar-refractivity contribution in [2.75, 3.05) is 52.4 Å². The summed E-state index contributed by atoms with van der Waals surface area (Å²) < 4.78 is 16.4. The maximum Gasteiger partial charge on any atom is 0.203 e. The van der Waals surface area contributed by atoms with Crippen LogP contribution in [0.1, 0.15) is 19.3 Å². The van der Waals surface area contributed by atoms with Crippen LogP contribution in [0.25, 0.3) is 0 Å². The van der Waals surface area contributed by atoms with Crippen molar-refractivity contribution < 1.29 is 19.4 Å². The average molecular weight is 375 g/mol. The summed E-state index contributed by atoms with van der Waals surface area (Å²) in [6.45, 7) is 3.77. The summed E-state index contributed by atoms with van der Waals surface area (Å²) in [5.74, 6) is 3.13. The molecule has 7 nitrogen and oxygen atoms in total. The van der Waals surface area contributed by atoms with Crippen molar-refractivity contribution in [1.29, 1.82) is 0 Å². The van der Waals surface area contributed by atoms with Crippen molar-refractivity contribution in [3.05, 3.63) is 12.1 Å². The molecule has 1 saturated heterocycles. The number of piperazine rings is 1. The van der Waals surface area contributed by atoms with Crippen molar-refractivity contribution >= 4 is 11.4 Å². The molecule has 2 aliphatic carbocycles. The van der Waals surface area contributed by atoms with Gasteiger partial charge in [-0.2, -0.15) is 0 Å². The zero-order chi connectivity index (χ0) is 19.0. The van der Waals surface area contributed by atoms with Gasteiger partial charge in [-0.3, -0.25) is 4.90 Å². The Hall–Kier alpha value is -2.15. The summed E-state index contributed by atoms with van der Waals surface area (Å²) in [5, 5.41) is 13.2. The Morgan fingerprint density at radius 1 is 0.963 bits per heavy atom. The summed E-state index contributed by atoms with van der Waals surface area (Å²) in [6.07, 6.45) is 3.64. The lowest BCUT2D eigenvalue weighted by atomic mass is 9.91. The van der Waals surface area contributed by atoms with Gasteiger partial charge in [0.25, 0.3) is 0 Å². The van der Waals surface area contributed by atoms with Crippen LogP contribution in [-0.2, 0) is 0 Å². The first-order valence-corrected chi connectivity index (χ1v) is 9.71. The zero-order valence-electron chi connectivity index (χ0n) is 16.4. The van der Waals surface area contributed by atoms with E-state index < -0.39 is 0 Å². The van der Waals surface area contributed by atoms with Crippen molar-refractivity contribution in [3.8, 4) is 17.2 Å². The number of nitrogens with zero attached hydrogens (tertiary/aromatic N) is 3. The van der Waals surface area contributed by atoms with Crippen molar-refractivity contribution in [1.82, 2.24) is 4.90 Å². The fraction of sp³-hybridized carbons (Fsp3) is 0.650. The highest BCUT2D eigenvalue weighted by Crippen LogP contribution is 2.45. The number of hydrogen-bond donors (Lipinski definition) is 1. The molecule has 0 radical (unpaired) electrons. The maximum absolute atomic E-state index is 9.50. The van der Waals surface area contributed by atoms with Crippen LogP contribution in [0, 0.1) is 11.8 Å². The van der Waals surface area contributed by atoms with Gasteiger partial charge < -0.3 is 24.3 Å². The standard InChI is InChI=1S/C20H29N3O4/c1-25-16-11-15(12-17(26-2)20(16)27-3)22-6-8-23(9-7-22)19-14-5-4-13(10-14)18(19)21-24/h11-14,19,24H,4-10H2,1-3H3/b21-18+/t13-,14-,19+/m0/s1. The van der Waals surface area contributed by atoms with Gasteiger partial charge >= 0.3 is 0 Å². The summed E-state index contributed by atoms with van der Waals surface area (Å²) in [7, 11) is 4.90. The molecular formula is C20H29N3O4. The van der Waals surface area contributed by atoms with E-state index in [0.717, 1.165) is 37.6 Å². The highest BCUT2D eigenvalue weighted by atomic mass is 16.5. The van der Waals surface area contributed by atoms with Crippen molar-refractivity contribution in [2.45, 2.75) is 25.3 Å². The maximum atomic E-state index is 9.50. The molecule has 0 spiro atoms. The number of hydrogen-bond acceptors (Lipinski definition) is 7. The summed E-state index contributed by atoms with van der Waals surface area (Å²) in [4.78, 5) is 4.86. The number of benzene rings is 1. The fourth-order valence-electron chi connectivity index (χ4n) is 5.19. The topological polar surface area (TPSA) is 66.8 Å². The molecule has 4 rings (SSSR count). The zero-order valence-corrected chi connectivity index (χ0v) is 16.4. The van der Waals surface area contributed by atoms with E-state index in [4.69, 9.17) is 14.2 Å². The summed E-state index contributed by atoms with van der Waals surface area (Å²) in [5.41, 5.74) is 2.10. The Morgan fingerprint density at radius 2 is 1.63 bits per heavy atom. The molecule has 1 aromatic carbocycles. The number of fused-ring (bicyclic) bond motifs is 2. The van der Waals surface area contributed by atoms with E-state index in [1.54, 1.807) is 21.3 Å². The van der Waals surface area contributed by atoms with Crippen LogP contribution in [0.2, 0.25) is 0 Å². The molecule has 1 N–H and O–H groups in total. The van der Waals surface area contributed by atoms with E-state index in [1.165, 1.54) is 19.3 Å². The SMILES string of the molecule is COc1cc(N2CCN([C@H]3/C(=N/O)[C@H]4CC[C@H]3C4)CC2)cc(OC)c1OC. The third-order valence-electron chi connectivity index (χ3n) is 6.48. The smallest absolute Gasteiger partial charge is 0.203 e. The van der Waals surface area contributed by atoms with Crippen molar-refractivity contribution in [2.24, 2.45) is 17.0 Å². The Morgan fingerprint density at radius 3 is 2.19 bits per heavy atom. The third kappa shape index (κ3) is 3.08. The Kier molecular flexibility index (Phi) is 5.04. The molecule has 27 heavy (non-hydrogen) atoms. The van der Waals surface area contributed by atoms with Gasteiger partial charge in [-0.1, -0.05) is 5.16 Å². The number of ether oxygens (including phenoxy) is 3. The number of methoxy groups -OCH3 is 3. The molecule has 3 atom stereocenters. The molecule has 2 saturated carbocycles. The van der Waals surface area contributed by atoms with Gasteiger partial charge in [0.15, 0.2) is 11.5 Å². The first-order valence-electron chi connectivity index (χ1n) is 9.71. The molecule has 0 aromatic heterocycles. The average Bonchev–Trinajstić information content (AvgIpc) is 3.34. The van der Waals surface area contributed by atoms with E-state index in [-0.39, 0.29) is 0 Å². The molecular weight excluding hydrogens is 346 g/mol. The predicted octanol–water partition coefficient (Wildman–Crippen LogP) is 2.46. The lowest BCUT2D eigenvalue weighted by Gasteiger charge is -2.41. The van der Waals surface area contributed by atoms with Crippen LogP contribution in [0.4, 0.5) is 5.69 Å². The first-order chi connectivity index (χ1) is 13.2. The highest BCUT2D eigenvalue weighted by molar-refractivity contribution is 5.94. The van der Waals surface area contributed by atoms with Gasteiger partial charge in [-0.15, -0.1) is 0 Å². The number of rotatable bonds is 5. The van der Waals surface area contributed by atoms with Crippen LogP contribution in [0.3, 0.4) is 0 Å². The van der Waals surface area contributed by atoms with Gasteiger partial charge in [0.1, 0.15) is 0 Å². The molecule has 3 fully saturated rings. The van der Waals surface area contributed by atoms with Gasteiger partial charge in [0.2, 0.25) is 5.75 Å². The molecule has 1 aliphatic heterocycles. The van der Waals surface area contributed by atoms with Crippen LogP contribution < -0.4 is 19.1 Å². The molecule has 148 valence electrons. The quantitative estimate of drug-likeness (QED) is 0.630. The number of oxime groups is 1. The van der Waals surface area contributed by atoms with E-state index in [1.807, 2.05) is 12.1 Å². The molecule has 0 amide bonds. The van der Waals surface area contributed by atoms with Crippen LogP contribution in [0.5, 0.6) is 17.2 Å². The minimum Gasteiger partial charge on any atom is -0.493 e. The van der Waals surface area contributed by atoms with Crippen LogP contribution >= 0.6 is 0 Å². The monoisotopic (exact) mass is 375 g/mol. The van der Waals surface area contributed by atoms with Gasteiger partial charge in [-0.25, -0.2) is 0 Å². The second kappa shape index (κ2) is 7.46. The Labute approximate surface area is 160 Å².